The van der Waals surface area contributed by atoms with Gasteiger partial charge in [0, 0.05) is 24.5 Å². The second-order valence-corrected chi connectivity index (χ2v) is 5.59. The van der Waals surface area contributed by atoms with E-state index in [4.69, 9.17) is 0 Å². The summed E-state index contributed by atoms with van der Waals surface area (Å²) in [6.45, 7) is 1.90. The molecule has 0 bridgehead atoms. The van der Waals surface area contributed by atoms with Gasteiger partial charge in [-0.05, 0) is 0 Å². The Hall–Kier alpha value is -0.270. The molecule has 84 valence electrons. The molecule has 1 heterocycles. The van der Waals surface area contributed by atoms with Crippen molar-refractivity contribution in [3.05, 3.63) is 5.01 Å². The van der Waals surface area contributed by atoms with Gasteiger partial charge in [0.1, 0.15) is 5.01 Å². The van der Waals surface area contributed by atoms with Gasteiger partial charge in [-0.2, -0.15) is 12.6 Å². The third-order valence-electron chi connectivity index (χ3n) is 1.73. The number of hydrogen-bond donors (Lipinski definition) is 2. The molecule has 1 aromatic rings. The molecule has 1 unspecified atom stereocenters. The topological polar surface area (TPSA) is 54.9 Å². The van der Waals surface area contributed by atoms with Gasteiger partial charge in [0.05, 0.1) is 0 Å². The Morgan fingerprint density at radius 3 is 2.93 bits per heavy atom. The normalized spacial score (nSPS) is 12.5. The highest BCUT2D eigenvalue weighted by molar-refractivity contribution is 8.01. The second-order valence-electron chi connectivity index (χ2n) is 2.95. The van der Waals surface area contributed by atoms with Crippen molar-refractivity contribution < 1.29 is 4.79 Å². The molecular weight excluding hydrogens is 250 g/mol. The van der Waals surface area contributed by atoms with Crippen molar-refractivity contribution in [3.63, 3.8) is 0 Å². The van der Waals surface area contributed by atoms with Crippen LogP contribution < -0.4 is 5.32 Å². The zero-order chi connectivity index (χ0) is 11.3. The standard InChI is InChI=1S/C8H13N3OS3/c1-5(7(12)9-2)4-14-8-11-10-6(3-13)15-8/h5,13H,3-4H2,1-2H3,(H,9,12). The van der Waals surface area contributed by atoms with Gasteiger partial charge in [-0.15, -0.1) is 10.2 Å². The van der Waals surface area contributed by atoms with Crippen molar-refractivity contribution in [2.45, 2.75) is 17.0 Å². The lowest BCUT2D eigenvalue weighted by Gasteiger charge is -2.06. The van der Waals surface area contributed by atoms with E-state index < -0.39 is 0 Å². The SMILES string of the molecule is CNC(=O)C(C)CSc1nnc(CS)s1. The first-order valence-corrected chi connectivity index (χ1v) is 6.88. The van der Waals surface area contributed by atoms with Crippen molar-refractivity contribution in [1.82, 2.24) is 15.5 Å². The fourth-order valence-corrected chi connectivity index (χ4v) is 2.94. The molecule has 0 aliphatic rings. The van der Waals surface area contributed by atoms with E-state index in [0.717, 1.165) is 15.1 Å². The quantitative estimate of drug-likeness (QED) is 0.623. The number of carbonyl (C=O) groups is 1. The zero-order valence-corrected chi connectivity index (χ0v) is 11.1. The van der Waals surface area contributed by atoms with Crippen LogP contribution in [0.4, 0.5) is 0 Å². The highest BCUT2D eigenvalue weighted by atomic mass is 32.2. The molecule has 0 spiro atoms. The van der Waals surface area contributed by atoms with Crippen LogP contribution in [0.25, 0.3) is 0 Å². The molecule has 1 amide bonds. The van der Waals surface area contributed by atoms with Crippen LogP contribution in [0.3, 0.4) is 0 Å². The van der Waals surface area contributed by atoms with Gasteiger partial charge in [-0.1, -0.05) is 30.0 Å². The third kappa shape index (κ3) is 4.00. The number of carbonyl (C=O) groups excluding carboxylic acids is 1. The Kier molecular flexibility index (Phi) is 5.41. The Morgan fingerprint density at radius 2 is 2.40 bits per heavy atom. The fraction of sp³-hybridized carbons (Fsp3) is 0.625. The van der Waals surface area contributed by atoms with Gasteiger partial charge in [-0.25, -0.2) is 0 Å². The van der Waals surface area contributed by atoms with Crippen molar-refractivity contribution in [2.75, 3.05) is 12.8 Å². The second kappa shape index (κ2) is 6.34. The number of thiol groups is 1. The number of amides is 1. The number of nitrogens with zero attached hydrogens (tertiary/aromatic N) is 2. The lowest BCUT2D eigenvalue weighted by atomic mass is 10.2. The summed E-state index contributed by atoms with van der Waals surface area (Å²) >= 11 is 7.20. The first kappa shape index (κ1) is 12.8. The summed E-state index contributed by atoms with van der Waals surface area (Å²) in [7, 11) is 1.65. The molecule has 4 nitrogen and oxygen atoms in total. The number of rotatable bonds is 5. The van der Waals surface area contributed by atoms with Crippen LogP contribution >= 0.6 is 35.7 Å². The summed E-state index contributed by atoms with van der Waals surface area (Å²) < 4.78 is 0.898. The molecule has 0 fully saturated rings. The molecular formula is C8H13N3OS3. The molecule has 1 rings (SSSR count). The molecule has 0 aromatic carbocycles. The van der Waals surface area contributed by atoms with E-state index in [1.165, 1.54) is 11.3 Å². The van der Waals surface area contributed by atoms with E-state index in [-0.39, 0.29) is 11.8 Å². The van der Waals surface area contributed by atoms with Gasteiger partial charge in [0.15, 0.2) is 4.34 Å². The van der Waals surface area contributed by atoms with E-state index in [9.17, 15) is 4.79 Å². The van der Waals surface area contributed by atoms with E-state index in [0.29, 0.717) is 5.75 Å². The van der Waals surface area contributed by atoms with E-state index in [1.54, 1.807) is 18.8 Å². The average molecular weight is 263 g/mol. The van der Waals surface area contributed by atoms with Crippen LogP contribution in [-0.4, -0.2) is 28.9 Å². The van der Waals surface area contributed by atoms with Crippen molar-refractivity contribution in [1.29, 1.82) is 0 Å². The Labute approximate surface area is 103 Å². The van der Waals surface area contributed by atoms with Crippen LogP contribution in [0.15, 0.2) is 4.34 Å². The Bertz CT molecular complexity index is 329. The molecule has 0 saturated heterocycles. The lowest BCUT2D eigenvalue weighted by Crippen LogP contribution is -2.26. The molecule has 0 saturated carbocycles. The van der Waals surface area contributed by atoms with Crippen molar-refractivity contribution >= 4 is 41.6 Å². The molecule has 7 heteroatoms. The van der Waals surface area contributed by atoms with E-state index in [1.807, 2.05) is 6.92 Å². The van der Waals surface area contributed by atoms with Gasteiger partial charge in [0.25, 0.3) is 0 Å². The fourth-order valence-electron chi connectivity index (χ4n) is 0.879. The maximum Gasteiger partial charge on any atom is 0.223 e. The minimum atomic E-state index is -0.0108. The number of nitrogens with one attached hydrogen (secondary N) is 1. The highest BCUT2D eigenvalue weighted by Crippen LogP contribution is 2.24. The number of aromatic nitrogens is 2. The Morgan fingerprint density at radius 1 is 1.67 bits per heavy atom. The van der Waals surface area contributed by atoms with Crippen molar-refractivity contribution in [3.8, 4) is 0 Å². The summed E-state index contributed by atoms with van der Waals surface area (Å²) in [5, 5.41) is 11.5. The van der Waals surface area contributed by atoms with Crippen LogP contribution in [0.1, 0.15) is 11.9 Å². The van der Waals surface area contributed by atoms with Gasteiger partial charge in [0.2, 0.25) is 5.91 Å². The molecule has 1 N–H and O–H groups in total. The summed E-state index contributed by atoms with van der Waals surface area (Å²) in [6, 6.07) is 0. The monoisotopic (exact) mass is 263 g/mol. The average Bonchev–Trinajstić information content (AvgIpc) is 2.72. The summed E-state index contributed by atoms with van der Waals surface area (Å²) in [5.41, 5.74) is 0. The highest BCUT2D eigenvalue weighted by Gasteiger charge is 2.12. The predicted octanol–water partition coefficient (Wildman–Crippen LogP) is 1.44. The molecule has 0 radical (unpaired) electrons. The molecule has 1 atom stereocenters. The molecule has 0 aliphatic heterocycles. The Balaban J connectivity index is 2.39. The summed E-state index contributed by atoms with van der Waals surface area (Å²) in [5.74, 6) is 1.38. The zero-order valence-electron chi connectivity index (χ0n) is 8.56. The van der Waals surface area contributed by atoms with Gasteiger partial charge < -0.3 is 5.32 Å². The predicted molar refractivity (Wildman–Crippen MR) is 66.6 cm³/mol. The van der Waals surface area contributed by atoms with Crippen molar-refractivity contribution in [2.24, 2.45) is 5.92 Å². The van der Waals surface area contributed by atoms with Gasteiger partial charge in [-0.3, -0.25) is 4.79 Å². The first-order chi connectivity index (χ1) is 7.17. The summed E-state index contributed by atoms with van der Waals surface area (Å²) in [6.07, 6.45) is 0. The smallest absolute Gasteiger partial charge is 0.223 e. The number of thioether (sulfide) groups is 1. The molecule has 0 aliphatic carbocycles. The molecule has 1 aromatic heterocycles. The maximum absolute atomic E-state index is 11.2. The first-order valence-electron chi connectivity index (χ1n) is 4.45. The van der Waals surface area contributed by atoms with Crippen LogP contribution in [0.2, 0.25) is 0 Å². The molecule has 15 heavy (non-hydrogen) atoms. The van der Waals surface area contributed by atoms with Gasteiger partial charge >= 0.3 is 0 Å². The minimum Gasteiger partial charge on any atom is -0.359 e. The van der Waals surface area contributed by atoms with E-state index >= 15 is 0 Å². The van der Waals surface area contributed by atoms with E-state index in [2.05, 4.69) is 28.1 Å². The van der Waals surface area contributed by atoms with Crippen LogP contribution in [-0.2, 0) is 10.5 Å². The minimum absolute atomic E-state index is 0.0108. The van der Waals surface area contributed by atoms with Crippen LogP contribution in [0.5, 0.6) is 0 Å². The largest absolute Gasteiger partial charge is 0.359 e. The third-order valence-corrected chi connectivity index (χ3v) is 4.56. The maximum atomic E-state index is 11.2. The van der Waals surface area contributed by atoms with Crippen LogP contribution in [0, 0.1) is 5.92 Å². The number of hydrogen-bond acceptors (Lipinski definition) is 6. The summed E-state index contributed by atoms with van der Waals surface area (Å²) in [4.78, 5) is 11.2. The lowest BCUT2D eigenvalue weighted by molar-refractivity contribution is -0.123.